The maximum absolute atomic E-state index is 11.0. The van der Waals surface area contributed by atoms with Gasteiger partial charge in [0.15, 0.2) is 0 Å². The van der Waals surface area contributed by atoms with E-state index < -0.39 is 32.7 Å². The monoisotopic (exact) mass is 314 g/mol. The van der Waals surface area contributed by atoms with Crippen LogP contribution in [-0.4, -0.2) is 17.5 Å². The average Bonchev–Trinajstić information content (AvgIpc) is 2.08. The molecular formula is C7H16Li4N2O6P2. The summed E-state index contributed by atoms with van der Waals surface area (Å²) in [4.78, 5) is 42.7. The molecule has 0 spiro atoms. The average molecular weight is 314 g/mol. The van der Waals surface area contributed by atoms with Gasteiger partial charge in [-0.05, 0) is 25.4 Å². The quantitative estimate of drug-likeness (QED) is 0.264. The summed E-state index contributed by atoms with van der Waals surface area (Å²) in [5.74, 6) is 0. The van der Waals surface area contributed by atoms with Crippen LogP contribution in [0.2, 0.25) is 0 Å². The van der Waals surface area contributed by atoms with Crippen LogP contribution in [0.4, 0.5) is 0 Å². The Labute approximate surface area is 173 Å². The minimum absolute atomic E-state index is 0. The van der Waals surface area contributed by atoms with Gasteiger partial charge in [0.25, 0.3) is 0 Å². The van der Waals surface area contributed by atoms with Gasteiger partial charge < -0.3 is 40.2 Å². The maximum Gasteiger partial charge on any atom is 1.00 e. The molecule has 4 N–H and O–H groups in total. The Kier molecular flexibility index (Phi) is 23.0. The molecule has 0 heterocycles. The van der Waals surface area contributed by atoms with Crippen LogP contribution in [0.3, 0.4) is 0 Å². The predicted molar refractivity (Wildman–Crippen MR) is 54.5 cm³/mol. The molecule has 21 heavy (non-hydrogen) atoms. The SMILES string of the molecule is CCC(N)(N)C(CCCP(=O)([O-])[O-])P(=O)([O-])[O-].[Li+].[Li+].[Li+].[Li+]. The van der Waals surface area contributed by atoms with E-state index in [2.05, 4.69) is 0 Å². The van der Waals surface area contributed by atoms with Crippen molar-refractivity contribution in [2.75, 3.05) is 6.16 Å². The van der Waals surface area contributed by atoms with E-state index in [1.54, 1.807) is 0 Å². The fraction of sp³-hybridized carbons (Fsp3) is 1.00. The molecule has 0 radical (unpaired) electrons. The zero-order valence-electron chi connectivity index (χ0n) is 13.4. The zero-order chi connectivity index (χ0) is 13.9. The number of hydrogen-bond acceptors (Lipinski definition) is 8. The summed E-state index contributed by atoms with van der Waals surface area (Å²) < 4.78 is 21.3. The Morgan fingerprint density at radius 1 is 1.00 bits per heavy atom. The molecule has 0 aromatic heterocycles. The van der Waals surface area contributed by atoms with Crippen LogP contribution in [0.15, 0.2) is 0 Å². The first-order chi connectivity index (χ1) is 7.40. The van der Waals surface area contributed by atoms with Gasteiger partial charge in [-0.3, -0.25) is 0 Å². The second kappa shape index (κ2) is 13.9. The molecule has 0 amide bonds. The minimum atomic E-state index is -5.04. The standard InChI is InChI=1S/C7H20N2O6P2.4Li/c1-2-7(8,9)6(17(13,14)15)4-3-5-16(10,11)12;;;;/h6H,2-5,8-9H2,1H3,(H2,10,11,12)(H2,13,14,15);;;;/q;4*+1/p-4. The first kappa shape index (κ1) is 34.8. The van der Waals surface area contributed by atoms with Gasteiger partial charge >= 0.3 is 75.4 Å². The van der Waals surface area contributed by atoms with E-state index in [4.69, 9.17) is 11.5 Å². The smallest absolute Gasteiger partial charge is 0.811 e. The van der Waals surface area contributed by atoms with Crippen molar-refractivity contribution in [1.82, 2.24) is 0 Å². The molecule has 0 bridgehead atoms. The number of hydrogen-bond donors (Lipinski definition) is 2. The topological polar surface area (TPSA) is 178 Å². The fourth-order valence-electron chi connectivity index (χ4n) is 1.44. The molecule has 0 rings (SSSR count). The second-order valence-electron chi connectivity index (χ2n) is 4.00. The fourth-order valence-corrected chi connectivity index (χ4v) is 3.28. The Morgan fingerprint density at radius 3 is 1.62 bits per heavy atom. The van der Waals surface area contributed by atoms with Crippen molar-refractivity contribution in [2.24, 2.45) is 11.5 Å². The van der Waals surface area contributed by atoms with E-state index in [1.807, 2.05) is 0 Å². The summed E-state index contributed by atoms with van der Waals surface area (Å²) in [6.45, 7) is 1.51. The molecule has 0 aromatic carbocycles. The molecule has 104 valence electrons. The third-order valence-corrected chi connectivity index (χ3v) is 4.89. The zero-order valence-corrected chi connectivity index (χ0v) is 15.2. The van der Waals surface area contributed by atoms with Gasteiger partial charge in [0.1, 0.15) is 0 Å². The van der Waals surface area contributed by atoms with Gasteiger partial charge in [0.05, 0.1) is 5.66 Å². The van der Waals surface area contributed by atoms with Crippen molar-refractivity contribution in [3.05, 3.63) is 0 Å². The summed E-state index contributed by atoms with van der Waals surface area (Å²) in [7, 11) is -9.75. The molecule has 0 aromatic rings. The van der Waals surface area contributed by atoms with Crippen molar-refractivity contribution in [1.29, 1.82) is 0 Å². The van der Waals surface area contributed by atoms with Crippen LogP contribution in [-0.2, 0) is 9.13 Å². The van der Waals surface area contributed by atoms with E-state index in [1.165, 1.54) is 6.92 Å². The van der Waals surface area contributed by atoms with Gasteiger partial charge in [-0.1, -0.05) is 22.1 Å². The molecule has 1 unspecified atom stereocenters. The Hall–Kier alpha value is 2.61. The van der Waals surface area contributed by atoms with Crippen LogP contribution in [0.1, 0.15) is 26.2 Å². The van der Waals surface area contributed by atoms with Gasteiger partial charge in [-0.2, -0.15) is 0 Å². The van der Waals surface area contributed by atoms with Crippen LogP contribution < -0.4 is 106 Å². The van der Waals surface area contributed by atoms with Crippen molar-refractivity contribution >= 4 is 15.2 Å². The van der Waals surface area contributed by atoms with E-state index in [-0.39, 0.29) is 94.7 Å². The largest absolute Gasteiger partial charge is 1.00 e. The Bertz CT molecular complexity index is 350. The molecule has 0 aliphatic heterocycles. The predicted octanol–water partition coefficient (Wildman–Crippen LogP) is -15.0. The molecule has 0 saturated carbocycles. The number of nitrogens with two attached hydrogens (primary N) is 2. The first-order valence-corrected chi connectivity index (χ1v) is 8.34. The van der Waals surface area contributed by atoms with Gasteiger partial charge in [-0.15, -0.1) is 0 Å². The van der Waals surface area contributed by atoms with E-state index in [9.17, 15) is 28.7 Å². The van der Waals surface area contributed by atoms with Crippen LogP contribution >= 0.6 is 15.2 Å². The second-order valence-corrected chi connectivity index (χ2v) is 7.37. The third-order valence-electron chi connectivity index (χ3n) is 2.52. The van der Waals surface area contributed by atoms with Crippen molar-refractivity contribution in [3.8, 4) is 0 Å². The molecule has 0 aliphatic rings. The Morgan fingerprint density at radius 2 is 1.38 bits per heavy atom. The van der Waals surface area contributed by atoms with Crippen molar-refractivity contribution < 1.29 is 104 Å². The molecule has 0 aliphatic carbocycles. The van der Waals surface area contributed by atoms with E-state index >= 15 is 0 Å². The van der Waals surface area contributed by atoms with Crippen molar-refractivity contribution in [2.45, 2.75) is 37.5 Å². The first-order valence-electron chi connectivity index (χ1n) is 5.00. The van der Waals surface area contributed by atoms with E-state index in [0.29, 0.717) is 0 Å². The molecule has 0 saturated heterocycles. The van der Waals surface area contributed by atoms with Gasteiger partial charge in [0, 0.05) is 5.66 Å². The molecular weight excluding hydrogens is 298 g/mol. The Balaban J connectivity index is -0.000000213. The molecule has 1 atom stereocenters. The summed E-state index contributed by atoms with van der Waals surface area (Å²) in [5, 5.41) is 0. The number of rotatable bonds is 7. The molecule has 0 fully saturated rings. The van der Waals surface area contributed by atoms with Gasteiger partial charge in [-0.25, -0.2) is 0 Å². The third kappa shape index (κ3) is 15.9. The normalized spacial score (nSPS) is 12.9. The van der Waals surface area contributed by atoms with Crippen LogP contribution in [0.5, 0.6) is 0 Å². The van der Waals surface area contributed by atoms with Crippen LogP contribution in [0.25, 0.3) is 0 Å². The van der Waals surface area contributed by atoms with Crippen LogP contribution in [0, 0.1) is 0 Å². The summed E-state index contributed by atoms with van der Waals surface area (Å²) in [5.41, 5.74) is 7.66. The molecule has 8 nitrogen and oxygen atoms in total. The van der Waals surface area contributed by atoms with Gasteiger partial charge in [0.2, 0.25) is 0 Å². The van der Waals surface area contributed by atoms with Crippen molar-refractivity contribution in [3.63, 3.8) is 0 Å². The summed E-state index contributed by atoms with van der Waals surface area (Å²) in [6, 6.07) is 0. The summed E-state index contributed by atoms with van der Waals surface area (Å²) >= 11 is 0. The molecule has 14 heteroatoms. The summed E-state index contributed by atoms with van der Waals surface area (Å²) in [6.07, 6.45) is -1.26. The van der Waals surface area contributed by atoms with E-state index in [0.717, 1.165) is 0 Å². The minimum Gasteiger partial charge on any atom is -0.811 e. The maximum atomic E-state index is 11.0.